The minimum Gasteiger partial charge on any atom is -0.256 e. The van der Waals surface area contributed by atoms with E-state index in [0.29, 0.717) is 5.82 Å². The van der Waals surface area contributed by atoms with Gasteiger partial charge in [0.05, 0.1) is 5.69 Å². The zero-order valence-corrected chi connectivity index (χ0v) is 11.7. The monoisotopic (exact) mass is 302 g/mol. The van der Waals surface area contributed by atoms with Gasteiger partial charge in [-0.15, -0.1) is 0 Å². The summed E-state index contributed by atoms with van der Waals surface area (Å²) in [7, 11) is 0. The Hall–Kier alpha value is -2.04. The van der Waals surface area contributed by atoms with E-state index in [1.54, 1.807) is 6.20 Å². The maximum atomic E-state index is 5.80. The number of benzene rings is 1. The Balaban J connectivity index is 2.07. The third-order valence-electron chi connectivity index (χ3n) is 2.66. The van der Waals surface area contributed by atoms with Crippen molar-refractivity contribution >= 4 is 23.2 Å². The summed E-state index contributed by atoms with van der Waals surface area (Å²) in [4.78, 5) is 16.2. The molecule has 0 N–H and O–H groups in total. The summed E-state index contributed by atoms with van der Waals surface area (Å²) in [5.74, 6) is 0.438. The molecule has 0 spiro atoms. The second-order valence-corrected chi connectivity index (χ2v) is 4.67. The quantitative estimate of drug-likeness (QED) is 0.720. The zero-order valence-electron chi connectivity index (χ0n) is 10.2. The molecule has 0 aliphatic carbocycles. The summed E-state index contributed by atoms with van der Waals surface area (Å²) >= 11 is 11.6. The van der Waals surface area contributed by atoms with E-state index in [2.05, 4.69) is 19.9 Å². The number of nitrogens with zero attached hydrogens (tertiary/aromatic N) is 4. The van der Waals surface area contributed by atoms with Gasteiger partial charge in [0.15, 0.2) is 5.82 Å². The fraction of sp³-hybridized carbons (Fsp3) is 0. The van der Waals surface area contributed by atoms with Gasteiger partial charge in [0.25, 0.3) is 0 Å². The second-order valence-electron chi connectivity index (χ2n) is 3.99. The highest BCUT2D eigenvalue weighted by atomic mass is 35.5. The minimum atomic E-state index is 0.0724. The largest absolute Gasteiger partial charge is 0.256 e. The molecule has 2 heterocycles. The third kappa shape index (κ3) is 2.76. The van der Waals surface area contributed by atoms with Crippen molar-refractivity contribution in [2.75, 3.05) is 0 Å². The van der Waals surface area contributed by atoms with Crippen LogP contribution in [0.25, 0.3) is 22.6 Å². The molecule has 2 aromatic heterocycles. The van der Waals surface area contributed by atoms with Crippen molar-refractivity contribution in [3.8, 4) is 22.6 Å². The first-order chi connectivity index (χ1) is 9.72. The van der Waals surface area contributed by atoms with E-state index in [1.807, 2.05) is 42.5 Å². The molecule has 0 saturated heterocycles. The molecule has 0 amide bonds. The Labute approximate surface area is 125 Å². The van der Waals surface area contributed by atoms with Crippen LogP contribution in [0.15, 0.2) is 48.7 Å². The summed E-state index contributed by atoms with van der Waals surface area (Å²) < 4.78 is 0. The van der Waals surface area contributed by atoms with Crippen LogP contribution in [0.5, 0.6) is 0 Å². The predicted molar refractivity (Wildman–Crippen MR) is 78.5 cm³/mol. The number of aromatic nitrogens is 4. The summed E-state index contributed by atoms with van der Waals surface area (Å²) in [5.41, 5.74) is 2.65. The molecule has 0 atom stereocenters. The van der Waals surface area contributed by atoms with E-state index < -0.39 is 0 Å². The summed E-state index contributed by atoms with van der Waals surface area (Å²) in [6.07, 6.45) is 1.75. The van der Waals surface area contributed by atoms with Crippen molar-refractivity contribution in [1.29, 1.82) is 0 Å². The van der Waals surface area contributed by atoms with Gasteiger partial charge in [-0.25, -0.2) is 0 Å². The molecule has 0 saturated carbocycles. The summed E-state index contributed by atoms with van der Waals surface area (Å²) in [5, 5.41) is 0.145. The minimum absolute atomic E-state index is 0.0724. The predicted octanol–water partition coefficient (Wildman–Crippen LogP) is 3.91. The van der Waals surface area contributed by atoms with E-state index in [-0.39, 0.29) is 10.6 Å². The van der Waals surface area contributed by atoms with Gasteiger partial charge < -0.3 is 0 Å². The molecule has 3 rings (SSSR count). The lowest BCUT2D eigenvalue weighted by Gasteiger charge is -2.04. The Morgan fingerprint density at radius 3 is 2.20 bits per heavy atom. The maximum absolute atomic E-state index is 5.80. The molecular formula is C14H8Cl2N4. The van der Waals surface area contributed by atoms with E-state index in [4.69, 9.17) is 23.2 Å². The fourth-order valence-corrected chi connectivity index (χ4v) is 2.17. The molecule has 0 unspecified atom stereocenters. The lowest BCUT2D eigenvalue weighted by Crippen LogP contribution is -1.94. The molecule has 6 heteroatoms. The van der Waals surface area contributed by atoms with Crippen LogP contribution in [0.3, 0.4) is 0 Å². The first kappa shape index (κ1) is 13.0. The Kier molecular flexibility index (Phi) is 3.58. The van der Waals surface area contributed by atoms with Crippen LogP contribution in [-0.2, 0) is 0 Å². The smallest absolute Gasteiger partial charge is 0.227 e. The van der Waals surface area contributed by atoms with Crippen molar-refractivity contribution in [1.82, 2.24) is 19.9 Å². The SMILES string of the molecule is Clc1nc(Cl)nc(-c2cccc(-c3ccccn3)c2)n1. The molecular weight excluding hydrogens is 295 g/mol. The first-order valence-electron chi connectivity index (χ1n) is 5.81. The van der Waals surface area contributed by atoms with Crippen LogP contribution in [-0.4, -0.2) is 19.9 Å². The number of hydrogen-bond donors (Lipinski definition) is 0. The molecule has 0 aliphatic rings. The Bertz CT molecular complexity index is 727. The van der Waals surface area contributed by atoms with Gasteiger partial charge in [-0.05, 0) is 41.4 Å². The van der Waals surface area contributed by atoms with Gasteiger partial charge in [-0.2, -0.15) is 15.0 Å². The average molecular weight is 303 g/mol. The molecule has 0 aliphatic heterocycles. The normalized spacial score (nSPS) is 10.5. The molecule has 0 fully saturated rings. The molecule has 0 bridgehead atoms. The fourth-order valence-electron chi connectivity index (χ4n) is 1.81. The zero-order chi connectivity index (χ0) is 13.9. The van der Waals surface area contributed by atoms with Crippen molar-refractivity contribution < 1.29 is 0 Å². The van der Waals surface area contributed by atoms with Crippen molar-refractivity contribution in [3.05, 3.63) is 59.2 Å². The standard InChI is InChI=1S/C14H8Cl2N4/c15-13-18-12(19-14(16)20-13)10-5-3-4-9(8-10)11-6-1-2-7-17-11/h1-8H. The highest BCUT2D eigenvalue weighted by molar-refractivity contribution is 6.31. The molecule has 1 aromatic carbocycles. The average Bonchev–Trinajstić information content (AvgIpc) is 2.47. The highest BCUT2D eigenvalue weighted by Crippen LogP contribution is 2.24. The van der Waals surface area contributed by atoms with Gasteiger partial charge in [0, 0.05) is 17.3 Å². The van der Waals surface area contributed by atoms with Crippen LogP contribution < -0.4 is 0 Å². The Morgan fingerprint density at radius 2 is 1.50 bits per heavy atom. The number of hydrogen-bond acceptors (Lipinski definition) is 4. The van der Waals surface area contributed by atoms with Crippen LogP contribution in [0.2, 0.25) is 10.6 Å². The van der Waals surface area contributed by atoms with Gasteiger partial charge in [0.2, 0.25) is 10.6 Å². The summed E-state index contributed by atoms with van der Waals surface area (Å²) in [6, 6.07) is 13.4. The lowest BCUT2D eigenvalue weighted by molar-refractivity contribution is 1.06. The Morgan fingerprint density at radius 1 is 0.750 bits per heavy atom. The third-order valence-corrected chi connectivity index (χ3v) is 3.00. The van der Waals surface area contributed by atoms with Crippen molar-refractivity contribution in [2.45, 2.75) is 0 Å². The molecule has 0 radical (unpaired) electrons. The van der Waals surface area contributed by atoms with Gasteiger partial charge in [0.1, 0.15) is 0 Å². The van der Waals surface area contributed by atoms with Crippen molar-refractivity contribution in [2.24, 2.45) is 0 Å². The number of halogens is 2. The van der Waals surface area contributed by atoms with E-state index in [0.717, 1.165) is 16.8 Å². The van der Waals surface area contributed by atoms with E-state index in [9.17, 15) is 0 Å². The van der Waals surface area contributed by atoms with Crippen LogP contribution in [0, 0.1) is 0 Å². The topological polar surface area (TPSA) is 51.6 Å². The lowest BCUT2D eigenvalue weighted by atomic mass is 10.1. The van der Waals surface area contributed by atoms with E-state index in [1.165, 1.54) is 0 Å². The van der Waals surface area contributed by atoms with Crippen LogP contribution >= 0.6 is 23.2 Å². The van der Waals surface area contributed by atoms with Gasteiger partial charge >= 0.3 is 0 Å². The van der Waals surface area contributed by atoms with Gasteiger partial charge in [-0.3, -0.25) is 4.98 Å². The molecule has 4 nitrogen and oxygen atoms in total. The first-order valence-corrected chi connectivity index (χ1v) is 6.57. The molecule has 3 aromatic rings. The van der Waals surface area contributed by atoms with Crippen molar-refractivity contribution in [3.63, 3.8) is 0 Å². The number of rotatable bonds is 2. The second kappa shape index (κ2) is 5.53. The maximum Gasteiger partial charge on any atom is 0.227 e. The highest BCUT2D eigenvalue weighted by Gasteiger charge is 2.07. The molecule has 98 valence electrons. The van der Waals surface area contributed by atoms with Crippen LogP contribution in [0.1, 0.15) is 0 Å². The summed E-state index contributed by atoms with van der Waals surface area (Å²) in [6.45, 7) is 0. The van der Waals surface area contributed by atoms with E-state index >= 15 is 0 Å². The van der Waals surface area contributed by atoms with Crippen LogP contribution in [0.4, 0.5) is 0 Å². The van der Waals surface area contributed by atoms with Gasteiger partial charge in [-0.1, -0.05) is 24.3 Å². The number of pyridine rings is 1. The molecule has 20 heavy (non-hydrogen) atoms.